The lowest BCUT2D eigenvalue weighted by Gasteiger charge is -2.21. The molecule has 0 aliphatic heterocycles. The molecule has 0 unspecified atom stereocenters. The van der Waals surface area contributed by atoms with Crippen LogP contribution in [-0.2, 0) is 11.3 Å². The van der Waals surface area contributed by atoms with E-state index in [0.29, 0.717) is 23.6 Å². The van der Waals surface area contributed by atoms with Crippen molar-refractivity contribution in [3.63, 3.8) is 0 Å². The van der Waals surface area contributed by atoms with Crippen molar-refractivity contribution in [3.8, 4) is 0 Å². The van der Waals surface area contributed by atoms with Gasteiger partial charge in [-0.25, -0.2) is 0 Å². The van der Waals surface area contributed by atoms with Crippen molar-refractivity contribution in [3.05, 3.63) is 53.5 Å². The molecule has 1 heterocycles. The van der Waals surface area contributed by atoms with E-state index in [9.17, 15) is 9.59 Å². The minimum absolute atomic E-state index is 0.0156. The van der Waals surface area contributed by atoms with Gasteiger partial charge in [-0.3, -0.25) is 9.59 Å². The summed E-state index contributed by atoms with van der Waals surface area (Å²) in [6.45, 7) is 5.92. The van der Waals surface area contributed by atoms with Crippen molar-refractivity contribution >= 4 is 17.5 Å². The van der Waals surface area contributed by atoms with E-state index in [1.54, 1.807) is 43.5 Å². The van der Waals surface area contributed by atoms with E-state index in [1.807, 2.05) is 4.90 Å². The van der Waals surface area contributed by atoms with Crippen molar-refractivity contribution in [2.24, 2.45) is 0 Å². The number of hydrogen-bond donors (Lipinski definition) is 1. The van der Waals surface area contributed by atoms with Gasteiger partial charge in [0.05, 0.1) is 0 Å². The van der Waals surface area contributed by atoms with Gasteiger partial charge < -0.3 is 19.4 Å². The molecule has 0 radical (unpaired) electrons. The van der Waals surface area contributed by atoms with Crippen molar-refractivity contribution in [2.45, 2.75) is 33.3 Å². The highest BCUT2D eigenvalue weighted by Crippen LogP contribution is 2.15. The average Bonchev–Trinajstić information content (AvgIpc) is 3.11. The maximum absolute atomic E-state index is 12.6. The Morgan fingerprint density at radius 1 is 1.04 bits per heavy atom. The lowest BCUT2D eigenvalue weighted by atomic mass is 10.1. The molecule has 1 N–H and O–H groups in total. The van der Waals surface area contributed by atoms with Crippen LogP contribution in [0.2, 0.25) is 0 Å². The molecule has 2 rings (SSSR count). The fourth-order valence-corrected chi connectivity index (χ4v) is 2.65. The third kappa shape index (κ3) is 5.20. The highest BCUT2D eigenvalue weighted by atomic mass is 16.5. The number of ether oxygens (including phenoxy) is 1. The van der Waals surface area contributed by atoms with Gasteiger partial charge in [0.15, 0.2) is 5.76 Å². The number of benzene rings is 1. The molecule has 0 aliphatic rings. The van der Waals surface area contributed by atoms with Crippen LogP contribution in [0.5, 0.6) is 0 Å². The van der Waals surface area contributed by atoms with Crippen LogP contribution in [-0.4, -0.2) is 36.9 Å². The molecule has 1 aromatic heterocycles. The Labute approximate surface area is 154 Å². The number of hydrogen-bond acceptors (Lipinski definition) is 4. The Balaban J connectivity index is 2.01. The predicted octanol–water partition coefficient (Wildman–Crippen LogP) is 3.94. The second-order valence-corrected chi connectivity index (χ2v) is 6.02. The molecule has 0 aliphatic carbocycles. The number of furan rings is 1. The zero-order chi connectivity index (χ0) is 18.9. The maximum Gasteiger partial charge on any atom is 0.291 e. The van der Waals surface area contributed by atoms with Gasteiger partial charge in [-0.05, 0) is 49.2 Å². The molecule has 2 amide bonds. The van der Waals surface area contributed by atoms with Crippen LogP contribution >= 0.6 is 0 Å². The minimum atomic E-state index is -0.343. The second-order valence-electron chi connectivity index (χ2n) is 6.02. The summed E-state index contributed by atoms with van der Waals surface area (Å²) in [4.78, 5) is 26.6. The molecule has 140 valence electrons. The smallest absolute Gasteiger partial charge is 0.291 e. The Morgan fingerprint density at radius 3 is 2.27 bits per heavy atom. The van der Waals surface area contributed by atoms with Gasteiger partial charge in [0.2, 0.25) is 0 Å². The summed E-state index contributed by atoms with van der Waals surface area (Å²) in [5.41, 5.74) is 1.22. The fraction of sp³-hybridized carbons (Fsp3) is 0.400. The van der Waals surface area contributed by atoms with Crippen molar-refractivity contribution in [1.82, 2.24) is 4.90 Å². The van der Waals surface area contributed by atoms with Gasteiger partial charge in [0, 0.05) is 31.5 Å². The van der Waals surface area contributed by atoms with E-state index >= 15 is 0 Å². The monoisotopic (exact) mass is 358 g/mol. The molecule has 6 heteroatoms. The van der Waals surface area contributed by atoms with Gasteiger partial charge in [-0.15, -0.1) is 0 Å². The number of methoxy groups -OCH3 is 1. The van der Waals surface area contributed by atoms with Crippen molar-refractivity contribution in [1.29, 1.82) is 0 Å². The Hall–Kier alpha value is -2.60. The molecule has 0 fully saturated rings. The highest BCUT2D eigenvalue weighted by Gasteiger charge is 2.15. The number of anilines is 1. The minimum Gasteiger partial charge on any atom is -0.453 e. The Kier molecular flexibility index (Phi) is 7.41. The van der Waals surface area contributed by atoms with Gasteiger partial charge in [-0.1, -0.05) is 13.8 Å². The summed E-state index contributed by atoms with van der Waals surface area (Å²) < 4.78 is 10.4. The summed E-state index contributed by atoms with van der Waals surface area (Å²) in [6.07, 6.45) is 1.85. The van der Waals surface area contributed by atoms with E-state index in [4.69, 9.17) is 9.15 Å². The van der Waals surface area contributed by atoms with Crippen LogP contribution in [0, 0.1) is 0 Å². The fourth-order valence-electron chi connectivity index (χ4n) is 2.65. The molecule has 0 bridgehead atoms. The number of rotatable bonds is 9. The summed E-state index contributed by atoms with van der Waals surface area (Å²) in [5.74, 6) is 0.478. The van der Waals surface area contributed by atoms with E-state index in [2.05, 4.69) is 19.2 Å². The molecule has 2 aromatic rings. The Bertz CT molecular complexity index is 716. The van der Waals surface area contributed by atoms with Crippen molar-refractivity contribution in [2.75, 3.05) is 25.5 Å². The molecule has 26 heavy (non-hydrogen) atoms. The predicted molar refractivity (Wildman–Crippen MR) is 100 cm³/mol. The first-order valence-corrected chi connectivity index (χ1v) is 8.87. The van der Waals surface area contributed by atoms with Gasteiger partial charge in [0.25, 0.3) is 11.8 Å². The molecule has 6 nitrogen and oxygen atoms in total. The molecule has 0 saturated carbocycles. The standard InChI is InChI=1S/C20H26N2O4/c1-4-12-22(13-5-2)20(24)15-6-8-16(9-7-15)21-19(23)18-11-10-17(26-18)14-25-3/h6-11H,4-5,12-14H2,1-3H3,(H,21,23). The summed E-state index contributed by atoms with van der Waals surface area (Å²) in [6, 6.07) is 10.2. The van der Waals surface area contributed by atoms with E-state index in [-0.39, 0.29) is 17.6 Å². The number of nitrogens with zero attached hydrogens (tertiary/aromatic N) is 1. The van der Waals surface area contributed by atoms with Crippen LogP contribution in [0.25, 0.3) is 0 Å². The van der Waals surface area contributed by atoms with E-state index < -0.39 is 0 Å². The third-order valence-corrected chi connectivity index (χ3v) is 3.84. The van der Waals surface area contributed by atoms with E-state index in [1.165, 1.54) is 0 Å². The number of nitrogens with one attached hydrogen (secondary N) is 1. The first kappa shape index (κ1) is 19.7. The van der Waals surface area contributed by atoms with Crippen LogP contribution in [0.15, 0.2) is 40.8 Å². The van der Waals surface area contributed by atoms with E-state index in [0.717, 1.165) is 25.9 Å². The molecule has 1 aromatic carbocycles. The molecule has 0 atom stereocenters. The third-order valence-electron chi connectivity index (χ3n) is 3.84. The number of amides is 2. The quantitative estimate of drug-likeness (QED) is 0.737. The summed E-state index contributed by atoms with van der Waals surface area (Å²) >= 11 is 0. The lowest BCUT2D eigenvalue weighted by Crippen LogP contribution is -2.32. The maximum atomic E-state index is 12.6. The summed E-state index contributed by atoms with van der Waals surface area (Å²) in [5, 5.41) is 2.76. The summed E-state index contributed by atoms with van der Waals surface area (Å²) in [7, 11) is 1.56. The molecule has 0 spiro atoms. The molecular formula is C20H26N2O4. The first-order valence-electron chi connectivity index (χ1n) is 8.87. The lowest BCUT2D eigenvalue weighted by molar-refractivity contribution is 0.0755. The topological polar surface area (TPSA) is 71.8 Å². The van der Waals surface area contributed by atoms with Gasteiger partial charge in [-0.2, -0.15) is 0 Å². The van der Waals surface area contributed by atoms with Gasteiger partial charge >= 0.3 is 0 Å². The zero-order valence-corrected chi connectivity index (χ0v) is 15.6. The second kappa shape index (κ2) is 9.77. The molecular weight excluding hydrogens is 332 g/mol. The van der Waals surface area contributed by atoms with Gasteiger partial charge in [0.1, 0.15) is 12.4 Å². The molecule has 0 saturated heterocycles. The van der Waals surface area contributed by atoms with Crippen LogP contribution in [0.3, 0.4) is 0 Å². The average molecular weight is 358 g/mol. The van der Waals surface area contributed by atoms with Crippen molar-refractivity contribution < 1.29 is 18.7 Å². The largest absolute Gasteiger partial charge is 0.453 e. The first-order chi connectivity index (χ1) is 12.6. The Morgan fingerprint density at radius 2 is 1.69 bits per heavy atom. The zero-order valence-electron chi connectivity index (χ0n) is 15.6. The van der Waals surface area contributed by atoms with Crippen LogP contribution in [0.1, 0.15) is 53.4 Å². The van der Waals surface area contributed by atoms with Crippen LogP contribution in [0.4, 0.5) is 5.69 Å². The highest BCUT2D eigenvalue weighted by molar-refractivity contribution is 6.02. The number of carbonyl (C=O) groups is 2. The number of carbonyl (C=O) groups excluding carboxylic acids is 2. The van der Waals surface area contributed by atoms with Crippen LogP contribution < -0.4 is 5.32 Å². The SMILES string of the molecule is CCCN(CCC)C(=O)c1ccc(NC(=O)c2ccc(COC)o2)cc1. The normalized spacial score (nSPS) is 10.6.